The lowest BCUT2D eigenvalue weighted by atomic mass is 10.0. The summed E-state index contributed by atoms with van der Waals surface area (Å²) in [4.78, 5) is 57.8. The zero-order chi connectivity index (χ0) is 30.0. The quantitative estimate of drug-likeness (QED) is 0.0709. The lowest BCUT2D eigenvalue weighted by molar-refractivity contribution is -0.142. The average molecular weight is 561 g/mol. The van der Waals surface area contributed by atoms with Gasteiger partial charge in [0.1, 0.15) is 18.1 Å². The van der Waals surface area contributed by atoms with Gasteiger partial charge in [-0.25, -0.2) is 4.79 Å². The highest BCUT2D eigenvalue weighted by atomic mass is 16.4. The Hall–Kier alpha value is -4.17. The van der Waals surface area contributed by atoms with E-state index in [9.17, 15) is 29.4 Å². The number of carbonyl (C=O) groups excluding carboxylic acids is 3. The van der Waals surface area contributed by atoms with E-state index in [0.29, 0.717) is 5.56 Å². The number of para-hydroxylation sites is 1. The number of amides is 3. The number of aliphatic imine (C=N–C) groups is 1. The molecule has 2 rings (SSSR count). The summed E-state index contributed by atoms with van der Waals surface area (Å²) in [6, 6.07) is 2.49. The number of guanidine groups is 1. The van der Waals surface area contributed by atoms with Crippen molar-refractivity contribution in [3.8, 4) is 0 Å². The van der Waals surface area contributed by atoms with Crippen LogP contribution in [0.3, 0.4) is 0 Å². The molecule has 0 aliphatic heterocycles. The Morgan fingerprint density at radius 3 is 2.23 bits per heavy atom. The fourth-order valence-electron chi connectivity index (χ4n) is 3.98. The van der Waals surface area contributed by atoms with Crippen molar-refractivity contribution in [1.82, 2.24) is 20.9 Å². The molecule has 0 aliphatic rings. The second-order valence-electron chi connectivity index (χ2n) is 9.97. The van der Waals surface area contributed by atoms with Gasteiger partial charge in [0, 0.05) is 30.1 Å². The van der Waals surface area contributed by atoms with Crippen molar-refractivity contribution in [3.05, 3.63) is 36.0 Å². The number of nitrogens with zero attached hydrogens (tertiary/aromatic N) is 1. The SMILES string of the molecule is CC(C)C(N)C(=O)NC(C(=O)NC(CCCN=C(N)N)C(=O)NC(Cc1c[nH]c2ccccc12)C(=O)O)C(C)O. The molecule has 220 valence electrons. The number of aromatic nitrogens is 1. The van der Waals surface area contributed by atoms with Crippen molar-refractivity contribution in [2.75, 3.05) is 6.54 Å². The monoisotopic (exact) mass is 560 g/mol. The summed E-state index contributed by atoms with van der Waals surface area (Å²) < 4.78 is 0. The Kier molecular flexibility index (Phi) is 11.9. The van der Waals surface area contributed by atoms with Crippen LogP contribution in [0, 0.1) is 5.92 Å². The number of aliphatic hydroxyl groups is 1. The third-order valence-electron chi connectivity index (χ3n) is 6.38. The molecule has 0 saturated heterocycles. The van der Waals surface area contributed by atoms with Gasteiger partial charge in [0.25, 0.3) is 0 Å². The molecule has 1 aromatic carbocycles. The van der Waals surface area contributed by atoms with Crippen LogP contribution in [0.2, 0.25) is 0 Å². The first-order valence-corrected chi connectivity index (χ1v) is 13.0. The van der Waals surface area contributed by atoms with Gasteiger partial charge in [-0.2, -0.15) is 0 Å². The number of fused-ring (bicyclic) bond motifs is 1. The molecule has 0 radical (unpaired) electrons. The lowest BCUT2D eigenvalue weighted by Crippen LogP contribution is -2.60. The minimum Gasteiger partial charge on any atom is -0.480 e. The van der Waals surface area contributed by atoms with Crippen LogP contribution in [-0.2, 0) is 25.6 Å². The Labute approximate surface area is 232 Å². The topological polar surface area (TPSA) is 251 Å². The van der Waals surface area contributed by atoms with Gasteiger partial charge in [0.2, 0.25) is 17.7 Å². The number of aliphatic hydroxyl groups excluding tert-OH is 1. The van der Waals surface area contributed by atoms with E-state index in [1.165, 1.54) is 6.92 Å². The number of hydrogen-bond acceptors (Lipinski definition) is 7. The van der Waals surface area contributed by atoms with E-state index >= 15 is 0 Å². The first-order chi connectivity index (χ1) is 18.8. The summed E-state index contributed by atoms with van der Waals surface area (Å²) in [5.74, 6) is -3.88. The molecular formula is C26H40N8O6. The molecule has 0 saturated carbocycles. The second-order valence-corrected chi connectivity index (χ2v) is 9.97. The van der Waals surface area contributed by atoms with Gasteiger partial charge in [-0.1, -0.05) is 32.0 Å². The van der Waals surface area contributed by atoms with Gasteiger partial charge in [-0.05, 0) is 37.3 Å². The Bertz CT molecular complexity index is 1210. The number of carboxylic acid groups (broad SMARTS) is 1. The molecule has 12 N–H and O–H groups in total. The number of H-pyrrole nitrogens is 1. The Morgan fingerprint density at radius 1 is 0.975 bits per heavy atom. The fourth-order valence-corrected chi connectivity index (χ4v) is 3.98. The van der Waals surface area contributed by atoms with Gasteiger partial charge in [-0.3, -0.25) is 19.4 Å². The zero-order valence-corrected chi connectivity index (χ0v) is 22.9. The normalized spacial score (nSPS) is 14.9. The van der Waals surface area contributed by atoms with Gasteiger partial charge in [-0.15, -0.1) is 0 Å². The van der Waals surface area contributed by atoms with E-state index in [4.69, 9.17) is 17.2 Å². The number of nitrogens with two attached hydrogens (primary N) is 3. The van der Waals surface area contributed by atoms with Gasteiger partial charge in [0.15, 0.2) is 5.96 Å². The summed E-state index contributed by atoms with van der Waals surface area (Å²) in [5.41, 5.74) is 18.1. The van der Waals surface area contributed by atoms with E-state index < -0.39 is 54.0 Å². The van der Waals surface area contributed by atoms with Crippen LogP contribution < -0.4 is 33.2 Å². The molecule has 0 bridgehead atoms. The maximum absolute atomic E-state index is 13.3. The van der Waals surface area contributed by atoms with Crippen LogP contribution in [-0.4, -0.2) is 81.7 Å². The molecular weight excluding hydrogens is 520 g/mol. The van der Waals surface area contributed by atoms with Crippen molar-refractivity contribution >= 4 is 40.6 Å². The molecule has 1 heterocycles. The number of aliphatic carboxylic acids is 1. The highest BCUT2D eigenvalue weighted by Gasteiger charge is 2.33. The number of carboxylic acids is 1. The minimum atomic E-state index is -1.41. The highest BCUT2D eigenvalue weighted by Crippen LogP contribution is 2.19. The van der Waals surface area contributed by atoms with Crippen LogP contribution in [0.1, 0.15) is 39.2 Å². The summed E-state index contributed by atoms with van der Waals surface area (Å²) in [7, 11) is 0. The molecule has 14 nitrogen and oxygen atoms in total. The molecule has 1 aromatic heterocycles. The van der Waals surface area contributed by atoms with Crippen molar-refractivity contribution in [2.45, 2.75) is 70.3 Å². The molecule has 2 aromatic rings. The molecule has 5 unspecified atom stereocenters. The zero-order valence-electron chi connectivity index (χ0n) is 22.9. The predicted molar refractivity (Wildman–Crippen MR) is 150 cm³/mol. The number of benzene rings is 1. The first kappa shape index (κ1) is 32.0. The number of carbonyl (C=O) groups is 4. The predicted octanol–water partition coefficient (Wildman–Crippen LogP) is -1.33. The number of rotatable bonds is 15. The van der Waals surface area contributed by atoms with Gasteiger partial charge < -0.3 is 48.3 Å². The third kappa shape index (κ3) is 9.24. The number of hydrogen-bond donors (Lipinski definition) is 9. The lowest BCUT2D eigenvalue weighted by Gasteiger charge is -2.27. The minimum absolute atomic E-state index is 0.0147. The van der Waals surface area contributed by atoms with Crippen LogP contribution in [0.4, 0.5) is 0 Å². The first-order valence-electron chi connectivity index (χ1n) is 13.0. The highest BCUT2D eigenvalue weighted by molar-refractivity contribution is 5.94. The third-order valence-corrected chi connectivity index (χ3v) is 6.38. The maximum atomic E-state index is 13.3. The average Bonchev–Trinajstić information content (AvgIpc) is 3.30. The van der Waals surface area contributed by atoms with Gasteiger partial charge in [0.05, 0.1) is 12.1 Å². The van der Waals surface area contributed by atoms with Gasteiger partial charge >= 0.3 is 5.97 Å². The van der Waals surface area contributed by atoms with Crippen molar-refractivity contribution in [3.63, 3.8) is 0 Å². The molecule has 0 spiro atoms. The van der Waals surface area contributed by atoms with E-state index in [0.717, 1.165) is 10.9 Å². The van der Waals surface area contributed by atoms with E-state index in [-0.39, 0.29) is 37.7 Å². The smallest absolute Gasteiger partial charge is 0.326 e. The molecule has 3 amide bonds. The van der Waals surface area contributed by atoms with Crippen LogP contribution in [0.15, 0.2) is 35.5 Å². The summed E-state index contributed by atoms with van der Waals surface area (Å²) in [6.07, 6.45) is 0.653. The molecule has 14 heteroatoms. The molecule has 0 aliphatic carbocycles. The largest absolute Gasteiger partial charge is 0.480 e. The number of nitrogens with one attached hydrogen (secondary N) is 4. The second kappa shape index (κ2) is 14.8. The maximum Gasteiger partial charge on any atom is 0.326 e. The Balaban J connectivity index is 2.21. The molecule has 5 atom stereocenters. The van der Waals surface area contributed by atoms with Crippen molar-refractivity contribution in [2.24, 2.45) is 28.1 Å². The summed E-state index contributed by atoms with van der Waals surface area (Å²) in [6.45, 7) is 4.92. The number of aromatic amines is 1. The van der Waals surface area contributed by atoms with Crippen LogP contribution in [0.25, 0.3) is 10.9 Å². The van der Waals surface area contributed by atoms with E-state index in [2.05, 4.69) is 25.9 Å². The van der Waals surface area contributed by atoms with Crippen molar-refractivity contribution < 1.29 is 29.4 Å². The van der Waals surface area contributed by atoms with Crippen LogP contribution >= 0.6 is 0 Å². The van der Waals surface area contributed by atoms with Crippen LogP contribution in [0.5, 0.6) is 0 Å². The summed E-state index contributed by atoms with van der Waals surface area (Å²) >= 11 is 0. The van der Waals surface area contributed by atoms with E-state index in [1.807, 2.05) is 24.3 Å². The summed E-state index contributed by atoms with van der Waals surface area (Å²) in [5, 5.41) is 28.3. The Morgan fingerprint density at radius 2 is 1.62 bits per heavy atom. The standard InChI is InChI=1S/C26H40N8O6/c1-13(2)20(27)23(37)34-21(14(3)35)24(38)32-18(9-6-10-30-26(28)29)22(36)33-19(25(39)40)11-15-12-31-17-8-5-4-7-16(15)17/h4-5,7-8,12-14,18-21,31,35H,6,9-11,27H2,1-3H3,(H,32,38)(H,33,36)(H,34,37)(H,39,40)(H4,28,29,30). The van der Waals surface area contributed by atoms with E-state index in [1.54, 1.807) is 20.0 Å². The van der Waals surface area contributed by atoms with Crippen molar-refractivity contribution in [1.29, 1.82) is 0 Å². The molecule has 40 heavy (non-hydrogen) atoms. The molecule has 0 fully saturated rings. The fraction of sp³-hybridized carbons (Fsp3) is 0.500.